The van der Waals surface area contributed by atoms with Crippen LogP contribution in [-0.4, -0.2) is 40.2 Å². The van der Waals surface area contributed by atoms with Crippen LogP contribution in [-0.2, 0) is 0 Å². The van der Waals surface area contributed by atoms with Gasteiger partial charge in [-0.3, -0.25) is 4.98 Å². The molecule has 1 aliphatic rings. The number of piperidine rings is 1. The molecule has 0 bridgehead atoms. The van der Waals surface area contributed by atoms with Crippen LogP contribution in [0.1, 0.15) is 78.7 Å². The van der Waals surface area contributed by atoms with Gasteiger partial charge in [0.25, 0.3) is 0 Å². The smallest absolute Gasteiger partial charge is 0.320 e. The molecule has 5 nitrogen and oxygen atoms in total. The Bertz CT molecular complexity index is 1150. The second-order valence-electron chi connectivity index (χ2n) is 9.14. The van der Waals surface area contributed by atoms with Gasteiger partial charge < -0.3 is 4.90 Å². The topological polar surface area (TPSA) is 48.8 Å². The molecule has 1 aromatic heterocycles. The van der Waals surface area contributed by atoms with Crippen molar-refractivity contribution >= 4 is 41.5 Å². The third kappa shape index (κ3) is 8.81. The fourth-order valence-electron chi connectivity index (χ4n) is 4.76. The third-order valence-corrected chi connectivity index (χ3v) is 7.21. The molecule has 0 radical (unpaired) electrons. The average Bonchev–Trinajstić information content (AvgIpc) is 2.96. The lowest BCUT2D eigenvalue weighted by Crippen LogP contribution is -2.47. The van der Waals surface area contributed by atoms with Crippen molar-refractivity contribution in [1.29, 1.82) is 0 Å². The first-order valence-corrected chi connectivity index (χ1v) is 14.6. The van der Waals surface area contributed by atoms with Gasteiger partial charge in [-0.2, -0.15) is 10.1 Å². The Hall–Kier alpha value is -2.89. The Kier molecular flexibility index (Phi) is 14.0. The minimum atomic E-state index is -0.129. The number of likely N-dealkylation sites (tertiary alicyclic amines) is 1. The minimum absolute atomic E-state index is 0.129. The number of carbonyl (C=O) groups is 1. The van der Waals surface area contributed by atoms with Crippen molar-refractivity contribution in [3.05, 3.63) is 82.3 Å². The molecule has 2 amide bonds. The molecule has 2 aromatic rings. The van der Waals surface area contributed by atoms with Crippen LogP contribution in [0.25, 0.3) is 16.7 Å². The monoisotopic (exact) mass is 568 g/mol. The quantitative estimate of drug-likeness (QED) is 0.171. The number of hydrogen-bond donors (Lipinski definition) is 0. The van der Waals surface area contributed by atoms with E-state index in [0.717, 1.165) is 67.3 Å². The summed E-state index contributed by atoms with van der Waals surface area (Å²) in [5, 5.41) is 6.52. The van der Waals surface area contributed by atoms with Gasteiger partial charge in [-0.1, -0.05) is 98.5 Å². The molecule has 0 aliphatic carbocycles. The van der Waals surface area contributed by atoms with Gasteiger partial charge in [-0.25, -0.2) is 4.79 Å². The molecule has 1 aliphatic heterocycles. The van der Waals surface area contributed by atoms with E-state index in [0.29, 0.717) is 10.0 Å². The Morgan fingerprint density at radius 1 is 1.15 bits per heavy atom. The summed E-state index contributed by atoms with van der Waals surface area (Å²) in [6.45, 7) is 14.6. The fourth-order valence-corrected chi connectivity index (χ4v) is 5.34. The first-order chi connectivity index (χ1) is 18.9. The summed E-state index contributed by atoms with van der Waals surface area (Å²) in [5.74, 6) is 0. The molecule has 1 atom stereocenters. The second kappa shape index (κ2) is 16.9. The number of pyridine rings is 1. The van der Waals surface area contributed by atoms with Crippen LogP contribution >= 0.6 is 23.2 Å². The van der Waals surface area contributed by atoms with Gasteiger partial charge in [0, 0.05) is 43.5 Å². The number of benzene rings is 1. The zero-order chi connectivity index (χ0) is 28.8. The van der Waals surface area contributed by atoms with Crippen LogP contribution in [0.5, 0.6) is 0 Å². The Morgan fingerprint density at radius 2 is 1.82 bits per heavy atom. The number of carbonyl (C=O) groups excluding carboxylic acids is 1. The predicted molar refractivity (Wildman–Crippen MR) is 168 cm³/mol. The number of rotatable bonds is 9. The van der Waals surface area contributed by atoms with E-state index in [1.807, 2.05) is 69.1 Å². The maximum Gasteiger partial charge on any atom is 0.344 e. The number of urea groups is 1. The average molecular weight is 570 g/mol. The maximum atomic E-state index is 13.7. The third-order valence-electron chi connectivity index (χ3n) is 6.64. The van der Waals surface area contributed by atoms with E-state index in [1.54, 1.807) is 12.4 Å². The fraction of sp³-hybridized carbons (Fsp3) is 0.406. The number of aromatic nitrogens is 1. The Labute approximate surface area is 244 Å². The van der Waals surface area contributed by atoms with Crippen molar-refractivity contribution in [2.75, 3.05) is 6.54 Å². The van der Waals surface area contributed by atoms with Crippen molar-refractivity contribution in [1.82, 2.24) is 14.9 Å². The van der Waals surface area contributed by atoms with Gasteiger partial charge in [0.15, 0.2) is 0 Å². The summed E-state index contributed by atoms with van der Waals surface area (Å²) in [6.07, 6.45) is 17.0. The van der Waals surface area contributed by atoms with E-state index in [9.17, 15) is 4.79 Å². The lowest BCUT2D eigenvalue weighted by Gasteiger charge is -2.37. The highest BCUT2D eigenvalue weighted by molar-refractivity contribution is 6.38. The normalized spacial score (nSPS) is 16.1. The maximum absolute atomic E-state index is 13.7. The summed E-state index contributed by atoms with van der Waals surface area (Å²) in [7, 11) is 0. The molecule has 39 heavy (non-hydrogen) atoms. The molecular formula is C32H42Cl2N4O. The van der Waals surface area contributed by atoms with E-state index in [-0.39, 0.29) is 12.1 Å². The highest BCUT2D eigenvalue weighted by Crippen LogP contribution is 2.35. The van der Waals surface area contributed by atoms with Gasteiger partial charge in [0.1, 0.15) is 0 Å². The van der Waals surface area contributed by atoms with E-state index >= 15 is 0 Å². The molecular weight excluding hydrogens is 527 g/mol. The van der Waals surface area contributed by atoms with Crippen LogP contribution in [0.4, 0.5) is 4.79 Å². The van der Waals surface area contributed by atoms with Crippen molar-refractivity contribution in [3.8, 4) is 11.1 Å². The second-order valence-corrected chi connectivity index (χ2v) is 9.95. The number of nitrogens with zero attached hydrogens (tertiary/aromatic N) is 4. The van der Waals surface area contributed by atoms with E-state index in [1.165, 1.54) is 10.6 Å². The summed E-state index contributed by atoms with van der Waals surface area (Å²) >= 11 is 12.7. The zero-order valence-electron chi connectivity index (χ0n) is 24.0. The highest BCUT2D eigenvalue weighted by atomic mass is 35.5. The molecule has 0 N–H and O–H groups in total. The first-order valence-electron chi connectivity index (χ1n) is 13.9. The summed E-state index contributed by atoms with van der Waals surface area (Å²) < 4.78 is 0. The number of hydrogen-bond acceptors (Lipinski definition) is 3. The van der Waals surface area contributed by atoms with Crippen LogP contribution in [0, 0.1) is 0 Å². The number of halogens is 2. The minimum Gasteiger partial charge on any atom is -0.320 e. The van der Waals surface area contributed by atoms with Gasteiger partial charge in [0.2, 0.25) is 0 Å². The number of amides is 2. The summed E-state index contributed by atoms with van der Waals surface area (Å²) in [4.78, 5) is 19.6. The van der Waals surface area contributed by atoms with Crippen LogP contribution < -0.4 is 0 Å². The van der Waals surface area contributed by atoms with Crippen molar-refractivity contribution in [3.63, 3.8) is 0 Å². The van der Waals surface area contributed by atoms with Gasteiger partial charge in [-0.15, -0.1) is 0 Å². The van der Waals surface area contributed by atoms with Crippen molar-refractivity contribution in [2.45, 2.75) is 79.2 Å². The lowest BCUT2D eigenvalue weighted by molar-refractivity contribution is 0.129. The standard InChI is InChI=1S/C30H36Cl2N4O.C2H6/c1-5-10-22(7-3)18-26-12-8-9-17-35(26)30(37)36(33-4)21-25(11-6-2)23-13-15-24(16-14-23)29-27(31)19-34-20-28(29)32;1-2/h5,7,10,13-16,19-21,26H,4,6,8-9,11-12,17-18H2,1-3H3;1-2H3/b10-5-,22-7+,25-21+;. The summed E-state index contributed by atoms with van der Waals surface area (Å²) in [6, 6.07) is 8.03. The SMILES string of the molecule is C=NN(/C=C(\CCC)c1ccc(-c2c(Cl)cncc2Cl)cc1)C(=O)N1CCCCC1CC(/C=C\C)=C/C.CC. The molecule has 210 valence electrons. The van der Waals surface area contributed by atoms with Crippen LogP contribution in [0.2, 0.25) is 10.0 Å². The molecule has 1 saturated heterocycles. The zero-order valence-corrected chi connectivity index (χ0v) is 25.5. The molecule has 0 spiro atoms. The molecule has 1 fully saturated rings. The van der Waals surface area contributed by atoms with Crippen molar-refractivity contribution in [2.24, 2.45) is 5.10 Å². The van der Waals surface area contributed by atoms with E-state index < -0.39 is 0 Å². The molecule has 2 heterocycles. The Balaban J connectivity index is 0.00000260. The number of hydrazone groups is 1. The molecule has 3 rings (SSSR count). The molecule has 7 heteroatoms. The molecule has 1 unspecified atom stereocenters. The van der Waals surface area contributed by atoms with Crippen LogP contribution in [0.15, 0.2) is 71.8 Å². The van der Waals surface area contributed by atoms with E-state index in [4.69, 9.17) is 23.2 Å². The summed E-state index contributed by atoms with van der Waals surface area (Å²) in [5.41, 5.74) is 4.92. The highest BCUT2D eigenvalue weighted by Gasteiger charge is 2.30. The largest absolute Gasteiger partial charge is 0.344 e. The van der Waals surface area contributed by atoms with Crippen LogP contribution in [0.3, 0.4) is 0 Å². The molecule has 0 saturated carbocycles. The predicted octanol–water partition coefficient (Wildman–Crippen LogP) is 10.0. The van der Waals surface area contributed by atoms with Gasteiger partial charge in [-0.05, 0) is 62.7 Å². The van der Waals surface area contributed by atoms with Gasteiger partial charge in [0.05, 0.1) is 10.0 Å². The number of allylic oxidation sites excluding steroid dienone is 4. The molecule has 1 aromatic carbocycles. The van der Waals surface area contributed by atoms with E-state index in [2.05, 4.69) is 35.9 Å². The lowest BCUT2D eigenvalue weighted by atomic mass is 9.95. The van der Waals surface area contributed by atoms with Gasteiger partial charge >= 0.3 is 6.03 Å². The Morgan fingerprint density at radius 3 is 2.38 bits per heavy atom. The van der Waals surface area contributed by atoms with Crippen molar-refractivity contribution < 1.29 is 4.79 Å². The first kappa shape index (κ1) is 32.3.